The van der Waals surface area contributed by atoms with Gasteiger partial charge in [-0.3, -0.25) is 0 Å². The Morgan fingerprint density at radius 2 is 2.10 bits per heavy atom. The first kappa shape index (κ1) is 6.71. The van der Waals surface area contributed by atoms with Crippen molar-refractivity contribution in [3.8, 4) is 0 Å². The Labute approximate surface area is 74.7 Å². The third kappa shape index (κ3) is 0.986. The summed E-state index contributed by atoms with van der Waals surface area (Å²) in [6.45, 7) is 0. The van der Waals surface area contributed by atoms with E-state index in [0.717, 1.165) is 3.93 Å². The fourth-order valence-corrected chi connectivity index (χ4v) is 2.99. The van der Waals surface area contributed by atoms with Gasteiger partial charge in [-0.1, -0.05) is 0 Å². The summed E-state index contributed by atoms with van der Waals surface area (Å²) in [6.07, 6.45) is 2.73. The molecule has 2 radical (unpaired) electrons. The van der Waals surface area contributed by atoms with Crippen LogP contribution in [0.5, 0.6) is 0 Å². The summed E-state index contributed by atoms with van der Waals surface area (Å²) in [7, 11) is 0. The molecule has 1 heteroatoms. The summed E-state index contributed by atoms with van der Waals surface area (Å²) < 4.78 is 0.932. The van der Waals surface area contributed by atoms with E-state index in [1.807, 2.05) is 0 Å². The summed E-state index contributed by atoms with van der Waals surface area (Å²) in [5, 5.41) is 0. The van der Waals surface area contributed by atoms with E-state index < -0.39 is 0 Å². The Morgan fingerprint density at radius 3 is 2.90 bits per heavy atom. The van der Waals surface area contributed by atoms with Gasteiger partial charge in [0.2, 0.25) is 0 Å². The van der Waals surface area contributed by atoms with E-state index in [2.05, 4.69) is 24.3 Å². The molecule has 10 heavy (non-hydrogen) atoms. The van der Waals surface area contributed by atoms with E-state index in [4.69, 9.17) is 0 Å². The number of fused-ring (bicyclic) bond motifs is 1. The van der Waals surface area contributed by atoms with Gasteiger partial charge in [-0.2, -0.15) is 0 Å². The summed E-state index contributed by atoms with van der Waals surface area (Å²) in [6, 6.07) is 8.87. The number of aryl methyl sites for hydroxylation is 1. The molecule has 2 rings (SSSR count). The average Bonchev–Trinajstić information content (AvgIpc) is 2.34. The minimum absolute atomic E-state index is 0.932. The van der Waals surface area contributed by atoms with Gasteiger partial charge in [0.05, 0.1) is 0 Å². The zero-order valence-corrected chi connectivity index (χ0v) is 9.17. The molecular formula is C9H10Sn. The van der Waals surface area contributed by atoms with Crippen LogP contribution in [0.3, 0.4) is 0 Å². The van der Waals surface area contributed by atoms with E-state index >= 15 is 0 Å². The molecule has 1 aromatic carbocycles. The Kier molecular flexibility index (Phi) is 1.73. The van der Waals surface area contributed by atoms with Crippen molar-refractivity contribution in [3.63, 3.8) is 0 Å². The van der Waals surface area contributed by atoms with Crippen LogP contribution in [0.4, 0.5) is 0 Å². The van der Waals surface area contributed by atoms with Crippen molar-refractivity contribution in [1.82, 2.24) is 0 Å². The van der Waals surface area contributed by atoms with Crippen LogP contribution >= 0.6 is 0 Å². The zero-order valence-electron chi connectivity index (χ0n) is 5.88. The summed E-state index contributed by atoms with van der Waals surface area (Å²) in [5.41, 5.74) is 3.23. The van der Waals surface area contributed by atoms with Crippen molar-refractivity contribution in [2.45, 2.75) is 16.8 Å². The van der Waals surface area contributed by atoms with Gasteiger partial charge in [-0.05, 0) is 0 Å². The van der Waals surface area contributed by atoms with Crippen molar-refractivity contribution in [3.05, 3.63) is 35.4 Å². The SMILES string of the molecule is [SnH][CH]1CCc2ccccc21. The molecule has 0 aromatic heterocycles. The van der Waals surface area contributed by atoms with E-state index in [1.54, 1.807) is 11.1 Å². The van der Waals surface area contributed by atoms with Gasteiger partial charge in [-0.15, -0.1) is 0 Å². The van der Waals surface area contributed by atoms with E-state index in [1.165, 1.54) is 35.4 Å². The van der Waals surface area contributed by atoms with Gasteiger partial charge >= 0.3 is 74.7 Å². The van der Waals surface area contributed by atoms with Crippen LogP contribution < -0.4 is 0 Å². The molecule has 0 fully saturated rings. The Balaban J connectivity index is 2.51. The van der Waals surface area contributed by atoms with Crippen molar-refractivity contribution >= 4 is 22.5 Å². The number of hydrogen-bond donors (Lipinski definition) is 0. The van der Waals surface area contributed by atoms with E-state index in [0.29, 0.717) is 0 Å². The maximum absolute atomic E-state index is 2.29. The molecular weight excluding hydrogens is 227 g/mol. The average molecular weight is 237 g/mol. The van der Waals surface area contributed by atoms with Gasteiger partial charge in [0, 0.05) is 0 Å². The van der Waals surface area contributed by atoms with Crippen LogP contribution in [-0.4, -0.2) is 22.5 Å². The number of rotatable bonds is 0. The quantitative estimate of drug-likeness (QED) is 0.601. The molecule has 0 heterocycles. The van der Waals surface area contributed by atoms with Crippen molar-refractivity contribution in [1.29, 1.82) is 0 Å². The Bertz CT molecular complexity index is 242. The molecule has 0 saturated heterocycles. The standard InChI is InChI=1S/C9H9.Sn.H/c1-2-5-9-7-3-6-8(9)4-1;;/h1-2,4-6H,3,7H2;;. The van der Waals surface area contributed by atoms with Crippen LogP contribution in [0.15, 0.2) is 24.3 Å². The minimum atomic E-state index is 0.932. The third-order valence-corrected chi connectivity index (χ3v) is 4.16. The van der Waals surface area contributed by atoms with Crippen LogP contribution in [-0.2, 0) is 6.42 Å². The van der Waals surface area contributed by atoms with Gasteiger partial charge in [0.1, 0.15) is 0 Å². The molecule has 0 spiro atoms. The summed E-state index contributed by atoms with van der Waals surface area (Å²) in [4.78, 5) is 0. The van der Waals surface area contributed by atoms with Crippen LogP contribution in [0.2, 0.25) is 0 Å². The summed E-state index contributed by atoms with van der Waals surface area (Å²) >= 11 is 1.39. The number of benzene rings is 1. The zero-order chi connectivity index (χ0) is 6.97. The van der Waals surface area contributed by atoms with Crippen molar-refractivity contribution in [2.24, 2.45) is 0 Å². The topological polar surface area (TPSA) is 0 Å². The van der Waals surface area contributed by atoms with Gasteiger partial charge in [0.15, 0.2) is 0 Å². The van der Waals surface area contributed by atoms with Crippen molar-refractivity contribution in [2.75, 3.05) is 0 Å². The molecule has 1 aliphatic rings. The summed E-state index contributed by atoms with van der Waals surface area (Å²) in [5.74, 6) is 0. The van der Waals surface area contributed by atoms with E-state index in [9.17, 15) is 0 Å². The first-order valence-electron chi connectivity index (χ1n) is 3.71. The molecule has 0 amide bonds. The molecule has 1 unspecified atom stereocenters. The predicted molar refractivity (Wildman–Crippen MR) is 44.7 cm³/mol. The molecule has 1 atom stereocenters. The molecule has 1 aliphatic carbocycles. The fourth-order valence-electron chi connectivity index (χ4n) is 1.59. The van der Waals surface area contributed by atoms with E-state index in [-0.39, 0.29) is 0 Å². The third-order valence-electron chi connectivity index (χ3n) is 2.18. The maximum atomic E-state index is 2.29. The second-order valence-electron chi connectivity index (χ2n) is 2.84. The molecule has 50 valence electrons. The van der Waals surface area contributed by atoms with Crippen LogP contribution in [0.25, 0.3) is 0 Å². The molecule has 0 N–H and O–H groups in total. The van der Waals surface area contributed by atoms with Crippen LogP contribution in [0, 0.1) is 0 Å². The first-order valence-corrected chi connectivity index (χ1v) is 5.61. The Morgan fingerprint density at radius 1 is 1.30 bits per heavy atom. The van der Waals surface area contributed by atoms with Gasteiger partial charge < -0.3 is 0 Å². The fraction of sp³-hybridized carbons (Fsp3) is 0.333. The Hall–Kier alpha value is 0.0187. The monoisotopic (exact) mass is 238 g/mol. The number of hydrogen-bond acceptors (Lipinski definition) is 0. The predicted octanol–water partition coefficient (Wildman–Crippen LogP) is 1.57. The second kappa shape index (κ2) is 2.57. The second-order valence-corrected chi connectivity index (χ2v) is 5.14. The van der Waals surface area contributed by atoms with Gasteiger partial charge in [0.25, 0.3) is 0 Å². The molecule has 0 nitrogen and oxygen atoms in total. The first-order chi connectivity index (χ1) is 4.88. The molecule has 0 aliphatic heterocycles. The normalized spacial score (nSPS) is 22.7. The molecule has 0 saturated carbocycles. The van der Waals surface area contributed by atoms with Crippen molar-refractivity contribution < 1.29 is 0 Å². The molecule has 0 bridgehead atoms. The van der Waals surface area contributed by atoms with Gasteiger partial charge in [-0.25, -0.2) is 0 Å². The van der Waals surface area contributed by atoms with Crippen LogP contribution in [0.1, 0.15) is 21.5 Å². The molecule has 1 aromatic rings.